The van der Waals surface area contributed by atoms with Gasteiger partial charge in [-0.1, -0.05) is 31.0 Å². The molecule has 2 atom stereocenters. The summed E-state index contributed by atoms with van der Waals surface area (Å²) >= 11 is 0. The molecule has 3 rings (SSSR count). The Kier molecular flexibility index (Phi) is 4.08. The van der Waals surface area contributed by atoms with Crippen molar-refractivity contribution in [2.75, 3.05) is 11.9 Å². The quantitative estimate of drug-likeness (QED) is 0.909. The van der Waals surface area contributed by atoms with Crippen molar-refractivity contribution in [2.24, 2.45) is 5.73 Å². The van der Waals surface area contributed by atoms with Crippen molar-refractivity contribution in [3.8, 4) is 0 Å². The molecule has 1 fully saturated rings. The minimum absolute atomic E-state index is 0.137. The zero-order valence-electron chi connectivity index (χ0n) is 12.5. The molecule has 2 aromatic rings. The molecule has 0 saturated heterocycles. The first kappa shape index (κ1) is 14.3. The molecule has 0 amide bonds. The van der Waals surface area contributed by atoms with Gasteiger partial charge in [-0.05, 0) is 25.0 Å². The molecule has 2 unspecified atom stereocenters. The maximum atomic E-state index is 10.3. The molecular weight excluding hydrogens is 262 g/mol. The Labute approximate surface area is 125 Å². The van der Waals surface area contributed by atoms with Gasteiger partial charge in [0.1, 0.15) is 5.82 Å². The first-order chi connectivity index (χ1) is 10.2. The van der Waals surface area contributed by atoms with E-state index in [9.17, 15) is 5.11 Å². The highest BCUT2D eigenvalue weighted by atomic mass is 16.3. The van der Waals surface area contributed by atoms with E-state index in [2.05, 4.69) is 17.0 Å². The lowest BCUT2D eigenvalue weighted by Gasteiger charge is -2.36. The third-order valence-electron chi connectivity index (χ3n) is 4.53. The van der Waals surface area contributed by atoms with E-state index in [1.165, 1.54) is 0 Å². The first-order valence-corrected chi connectivity index (χ1v) is 7.70. The summed E-state index contributed by atoms with van der Waals surface area (Å²) in [5.41, 5.74) is 7.92. The van der Waals surface area contributed by atoms with Crippen LogP contribution in [-0.4, -0.2) is 29.3 Å². The van der Waals surface area contributed by atoms with Crippen molar-refractivity contribution >= 4 is 16.7 Å². The van der Waals surface area contributed by atoms with Crippen molar-refractivity contribution in [1.82, 2.24) is 4.98 Å². The van der Waals surface area contributed by atoms with Crippen molar-refractivity contribution in [2.45, 2.75) is 44.4 Å². The number of rotatable bonds is 3. The van der Waals surface area contributed by atoms with Gasteiger partial charge in [0.15, 0.2) is 0 Å². The second-order valence-corrected chi connectivity index (χ2v) is 5.90. The summed E-state index contributed by atoms with van der Waals surface area (Å²) in [5, 5.41) is 11.4. The van der Waals surface area contributed by atoms with Crippen molar-refractivity contribution in [3.05, 3.63) is 35.9 Å². The van der Waals surface area contributed by atoms with E-state index >= 15 is 0 Å². The van der Waals surface area contributed by atoms with Gasteiger partial charge in [0.05, 0.1) is 17.7 Å². The van der Waals surface area contributed by atoms with Crippen molar-refractivity contribution in [1.29, 1.82) is 0 Å². The summed E-state index contributed by atoms with van der Waals surface area (Å²) in [6.07, 6.45) is 3.89. The Bertz CT molecular complexity index is 628. The van der Waals surface area contributed by atoms with Gasteiger partial charge in [0.25, 0.3) is 0 Å². The van der Waals surface area contributed by atoms with Gasteiger partial charge in [-0.15, -0.1) is 0 Å². The van der Waals surface area contributed by atoms with Crippen LogP contribution >= 0.6 is 0 Å². The van der Waals surface area contributed by atoms with E-state index in [4.69, 9.17) is 10.7 Å². The fourth-order valence-electron chi connectivity index (χ4n) is 3.31. The number of para-hydroxylation sites is 1. The van der Waals surface area contributed by atoms with Crippen LogP contribution in [0.1, 0.15) is 31.2 Å². The minimum atomic E-state index is -0.275. The van der Waals surface area contributed by atoms with Gasteiger partial charge >= 0.3 is 0 Å². The molecule has 21 heavy (non-hydrogen) atoms. The number of aliphatic hydroxyl groups is 1. The standard InChI is InChI=1S/C17H23N3O/c1-20(15-8-4-5-9-16(15)21)17-13(11-18)10-12-6-2-3-7-14(12)19-17/h2-3,6-7,10,15-16,21H,4-5,8-9,11,18H2,1H3. The van der Waals surface area contributed by atoms with Gasteiger partial charge in [0.2, 0.25) is 0 Å². The van der Waals surface area contributed by atoms with Crippen molar-refractivity contribution in [3.63, 3.8) is 0 Å². The first-order valence-electron chi connectivity index (χ1n) is 7.70. The third-order valence-corrected chi connectivity index (χ3v) is 4.53. The molecule has 4 heteroatoms. The number of benzene rings is 1. The van der Waals surface area contributed by atoms with Gasteiger partial charge < -0.3 is 15.7 Å². The lowest BCUT2D eigenvalue weighted by Crippen LogP contribution is -2.44. The van der Waals surface area contributed by atoms with Crippen LogP contribution in [0.4, 0.5) is 5.82 Å². The number of anilines is 1. The van der Waals surface area contributed by atoms with Crippen LogP contribution in [0.2, 0.25) is 0 Å². The van der Waals surface area contributed by atoms with Crippen LogP contribution in [0.15, 0.2) is 30.3 Å². The molecule has 1 aliphatic carbocycles. The number of nitrogens with two attached hydrogens (primary N) is 1. The summed E-state index contributed by atoms with van der Waals surface area (Å²) in [6, 6.07) is 10.3. The van der Waals surface area contributed by atoms with Crippen LogP contribution in [0.3, 0.4) is 0 Å². The molecule has 4 nitrogen and oxygen atoms in total. The highest BCUT2D eigenvalue weighted by Gasteiger charge is 2.28. The summed E-state index contributed by atoms with van der Waals surface area (Å²) < 4.78 is 0. The Hall–Kier alpha value is -1.65. The van der Waals surface area contributed by atoms with E-state index in [0.29, 0.717) is 6.54 Å². The molecule has 1 aromatic carbocycles. The van der Waals surface area contributed by atoms with Gasteiger partial charge in [-0.25, -0.2) is 4.98 Å². The van der Waals surface area contributed by atoms with E-state index in [1.807, 2.05) is 25.2 Å². The van der Waals surface area contributed by atoms with E-state index in [1.54, 1.807) is 0 Å². The SMILES string of the molecule is CN(c1nc2ccccc2cc1CN)C1CCCCC1O. The number of nitrogens with zero attached hydrogens (tertiary/aromatic N) is 2. The maximum absolute atomic E-state index is 10.3. The van der Waals surface area contributed by atoms with Crippen LogP contribution in [0.5, 0.6) is 0 Å². The van der Waals surface area contributed by atoms with E-state index in [0.717, 1.165) is 48.0 Å². The van der Waals surface area contributed by atoms with Crippen LogP contribution in [-0.2, 0) is 6.54 Å². The van der Waals surface area contributed by atoms with Gasteiger partial charge in [-0.3, -0.25) is 0 Å². The normalized spacial score (nSPS) is 22.4. The molecule has 0 radical (unpaired) electrons. The fraction of sp³-hybridized carbons (Fsp3) is 0.471. The Balaban J connectivity index is 2.01. The number of hydrogen-bond acceptors (Lipinski definition) is 4. The zero-order chi connectivity index (χ0) is 14.8. The third kappa shape index (κ3) is 2.74. The molecule has 112 valence electrons. The molecule has 1 saturated carbocycles. The molecule has 1 aromatic heterocycles. The number of fused-ring (bicyclic) bond motifs is 1. The number of hydrogen-bond donors (Lipinski definition) is 2. The highest BCUT2D eigenvalue weighted by Crippen LogP contribution is 2.29. The monoisotopic (exact) mass is 285 g/mol. The average molecular weight is 285 g/mol. The molecule has 3 N–H and O–H groups in total. The number of likely N-dealkylation sites (N-methyl/N-ethyl adjacent to an activating group) is 1. The smallest absolute Gasteiger partial charge is 0.133 e. The zero-order valence-corrected chi connectivity index (χ0v) is 12.5. The highest BCUT2D eigenvalue weighted by molar-refractivity contribution is 5.81. The number of pyridine rings is 1. The van der Waals surface area contributed by atoms with Crippen LogP contribution < -0.4 is 10.6 Å². The predicted octanol–water partition coefficient (Wildman–Crippen LogP) is 2.43. The topological polar surface area (TPSA) is 62.4 Å². The lowest BCUT2D eigenvalue weighted by atomic mass is 9.91. The molecule has 1 heterocycles. The summed E-state index contributed by atoms with van der Waals surface area (Å²) in [6.45, 7) is 0.459. The molecule has 0 spiro atoms. The number of aromatic nitrogens is 1. The Morgan fingerprint density at radius 2 is 2.05 bits per heavy atom. The summed E-state index contributed by atoms with van der Waals surface area (Å²) in [5.74, 6) is 0.905. The largest absolute Gasteiger partial charge is 0.391 e. The van der Waals surface area contributed by atoms with E-state index < -0.39 is 0 Å². The van der Waals surface area contributed by atoms with Crippen LogP contribution in [0.25, 0.3) is 10.9 Å². The average Bonchev–Trinajstić information content (AvgIpc) is 2.53. The maximum Gasteiger partial charge on any atom is 0.133 e. The van der Waals surface area contributed by atoms with Gasteiger partial charge in [0, 0.05) is 24.5 Å². The van der Waals surface area contributed by atoms with Crippen molar-refractivity contribution < 1.29 is 5.11 Å². The second kappa shape index (κ2) is 6.00. The Morgan fingerprint density at radius 1 is 1.29 bits per heavy atom. The number of aliphatic hydroxyl groups excluding tert-OH is 1. The van der Waals surface area contributed by atoms with E-state index in [-0.39, 0.29) is 12.1 Å². The second-order valence-electron chi connectivity index (χ2n) is 5.90. The minimum Gasteiger partial charge on any atom is -0.391 e. The molecule has 0 bridgehead atoms. The summed E-state index contributed by atoms with van der Waals surface area (Å²) in [4.78, 5) is 6.91. The summed E-state index contributed by atoms with van der Waals surface area (Å²) in [7, 11) is 2.02. The fourth-order valence-corrected chi connectivity index (χ4v) is 3.31. The predicted molar refractivity (Wildman–Crippen MR) is 86.3 cm³/mol. The lowest BCUT2D eigenvalue weighted by molar-refractivity contribution is 0.106. The molecule has 1 aliphatic rings. The molecule has 0 aliphatic heterocycles. The van der Waals surface area contributed by atoms with Crippen LogP contribution in [0, 0.1) is 0 Å². The Morgan fingerprint density at radius 3 is 2.81 bits per heavy atom. The molecular formula is C17H23N3O. The van der Waals surface area contributed by atoms with Gasteiger partial charge in [-0.2, -0.15) is 0 Å².